The van der Waals surface area contributed by atoms with Crippen molar-refractivity contribution in [3.8, 4) is 5.75 Å². The third kappa shape index (κ3) is 5.36. The van der Waals surface area contributed by atoms with E-state index < -0.39 is 0 Å². The summed E-state index contributed by atoms with van der Waals surface area (Å²) >= 11 is 5.97. The fraction of sp³-hybridized carbons (Fsp3) is 0.462. The molecule has 0 saturated carbocycles. The average molecular weight is 287 g/mol. The minimum Gasteiger partial charge on any atom is -0.497 e. The van der Waals surface area contributed by atoms with Gasteiger partial charge in [-0.15, -0.1) is 0 Å². The zero-order chi connectivity index (χ0) is 14.3. The first kappa shape index (κ1) is 15.6. The largest absolute Gasteiger partial charge is 0.497 e. The number of carbonyl (C=O) groups excluding carboxylic acids is 1. The topological polar surface area (TPSA) is 70.6 Å². The Kier molecular flexibility index (Phi) is 6.45. The van der Waals surface area contributed by atoms with Crippen LogP contribution in [0.2, 0.25) is 5.02 Å². The second-order valence-electron chi connectivity index (χ2n) is 4.08. The number of aliphatic hydroxyl groups excluding tert-OH is 1. The summed E-state index contributed by atoms with van der Waals surface area (Å²) in [4.78, 5) is 11.6. The molecule has 1 unspecified atom stereocenters. The number of halogens is 1. The number of aliphatic hydroxyl groups is 1. The molecule has 0 aromatic heterocycles. The second-order valence-corrected chi connectivity index (χ2v) is 4.48. The summed E-state index contributed by atoms with van der Waals surface area (Å²) < 4.78 is 5.06. The molecule has 0 aliphatic rings. The Balaban J connectivity index is 2.48. The maximum atomic E-state index is 11.6. The highest BCUT2D eigenvalue weighted by Gasteiger charge is 2.07. The van der Waals surface area contributed by atoms with E-state index >= 15 is 0 Å². The summed E-state index contributed by atoms with van der Waals surface area (Å²) in [5.41, 5.74) is 0.481. The lowest BCUT2D eigenvalue weighted by Crippen LogP contribution is -2.31. The normalized spacial score (nSPS) is 11.8. The maximum Gasteiger partial charge on any atom is 0.319 e. The molecule has 1 aromatic rings. The van der Waals surface area contributed by atoms with Gasteiger partial charge in [-0.1, -0.05) is 18.5 Å². The highest BCUT2D eigenvalue weighted by atomic mass is 35.5. The number of benzene rings is 1. The lowest BCUT2D eigenvalue weighted by atomic mass is 10.2. The zero-order valence-corrected chi connectivity index (χ0v) is 11.8. The van der Waals surface area contributed by atoms with E-state index in [0.29, 0.717) is 35.8 Å². The van der Waals surface area contributed by atoms with Crippen LogP contribution in [0.1, 0.15) is 19.8 Å². The molecule has 2 amide bonds. The molecular weight excluding hydrogens is 268 g/mol. The second kappa shape index (κ2) is 7.86. The van der Waals surface area contributed by atoms with Crippen LogP contribution in [0.5, 0.6) is 5.75 Å². The number of anilines is 1. The van der Waals surface area contributed by atoms with Gasteiger partial charge in [0, 0.05) is 12.6 Å². The highest BCUT2D eigenvalue weighted by molar-refractivity contribution is 6.33. The van der Waals surface area contributed by atoms with E-state index in [2.05, 4.69) is 10.6 Å². The number of hydrogen-bond acceptors (Lipinski definition) is 3. The number of methoxy groups -OCH3 is 1. The number of ether oxygens (including phenoxy) is 1. The molecule has 1 atom stereocenters. The number of nitrogens with one attached hydrogen (secondary N) is 2. The van der Waals surface area contributed by atoms with Crippen molar-refractivity contribution < 1.29 is 14.6 Å². The number of urea groups is 1. The van der Waals surface area contributed by atoms with Crippen LogP contribution >= 0.6 is 11.6 Å². The van der Waals surface area contributed by atoms with Crippen LogP contribution in [0.25, 0.3) is 0 Å². The van der Waals surface area contributed by atoms with Gasteiger partial charge >= 0.3 is 6.03 Å². The van der Waals surface area contributed by atoms with E-state index in [1.54, 1.807) is 25.3 Å². The van der Waals surface area contributed by atoms with Crippen LogP contribution in [-0.4, -0.2) is 30.9 Å². The lowest BCUT2D eigenvalue weighted by molar-refractivity contribution is 0.160. The van der Waals surface area contributed by atoms with Gasteiger partial charge in [0.2, 0.25) is 0 Å². The molecule has 1 rings (SSSR count). The van der Waals surface area contributed by atoms with Gasteiger partial charge in [0.15, 0.2) is 0 Å². The predicted molar refractivity (Wildman–Crippen MR) is 75.9 cm³/mol. The van der Waals surface area contributed by atoms with Gasteiger partial charge in [0.05, 0.1) is 23.9 Å². The molecule has 3 N–H and O–H groups in total. The van der Waals surface area contributed by atoms with Crippen molar-refractivity contribution in [3.05, 3.63) is 23.2 Å². The molecule has 0 aliphatic carbocycles. The summed E-state index contributed by atoms with van der Waals surface area (Å²) in [7, 11) is 1.54. The Morgan fingerprint density at radius 2 is 2.26 bits per heavy atom. The molecule has 106 valence electrons. The Labute approximate surface area is 117 Å². The number of rotatable bonds is 6. The van der Waals surface area contributed by atoms with Crippen LogP contribution in [0.4, 0.5) is 10.5 Å². The third-order valence-electron chi connectivity index (χ3n) is 2.66. The smallest absolute Gasteiger partial charge is 0.319 e. The Bertz CT molecular complexity index is 426. The van der Waals surface area contributed by atoms with Crippen LogP contribution in [0, 0.1) is 0 Å². The van der Waals surface area contributed by atoms with E-state index in [1.165, 1.54) is 0 Å². The highest BCUT2D eigenvalue weighted by Crippen LogP contribution is 2.26. The van der Waals surface area contributed by atoms with Crippen LogP contribution in [0.3, 0.4) is 0 Å². The first-order valence-electron chi connectivity index (χ1n) is 6.13. The van der Waals surface area contributed by atoms with Gasteiger partial charge in [0.25, 0.3) is 0 Å². The Hall–Kier alpha value is -1.46. The van der Waals surface area contributed by atoms with E-state index in [9.17, 15) is 9.90 Å². The predicted octanol–water partition coefficient (Wildman–Crippen LogP) is 2.63. The van der Waals surface area contributed by atoms with Gasteiger partial charge in [-0.05, 0) is 25.0 Å². The molecule has 0 saturated heterocycles. The molecule has 0 aliphatic heterocycles. The zero-order valence-electron chi connectivity index (χ0n) is 11.1. The van der Waals surface area contributed by atoms with Gasteiger partial charge in [-0.3, -0.25) is 0 Å². The van der Waals surface area contributed by atoms with Crippen molar-refractivity contribution in [1.29, 1.82) is 0 Å². The van der Waals surface area contributed by atoms with Gasteiger partial charge < -0.3 is 20.5 Å². The number of amides is 2. The molecule has 0 radical (unpaired) electrons. The standard InChI is InChI=1S/C13H19ClN2O3/c1-3-9(17)6-7-15-13(18)16-12-8-10(19-2)4-5-11(12)14/h4-5,8-9,17H,3,6-7H2,1-2H3,(H2,15,16,18). The van der Waals surface area contributed by atoms with Crippen molar-refractivity contribution in [3.63, 3.8) is 0 Å². The summed E-state index contributed by atoms with van der Waals surface area (Å²) in [6.07, 6.45) is 0.807. The first-order valence-corrected chi connectivity index (χ1v) is 6.51. The van der Waals surface area contributed by atoms with Gasteiger partial charge in [-0.2, -0.15) is 0 Å². The van der Waals surface area contributed by atoms with Crippen molar-refractivity contribution in [2.45, 2.75) is 25.9 Å². The molecule has 0 spiro atoms. The molecule has 1 aromatic carbocycles. The Morgan fingerprint density at radius 1 is 1.53 bits per heavy atom. The van der Waals surface area contributed by atoms with Gasteiger partial charge in [-0.25, -0.2) is 4.79 Å². The van der Waals surface area contributed by atoms with Crippen LogP contribution in [0.15, 0.2) is 18.2 Å². The van der Waals surface area contributed by atoms with E-state index in [4.69, 9.17) is 16.3 Å². The molecule has 0 bridgehead atoms. The van der Waals surface area contributed by atoms with Gasteiger partial charge in [0.1, 0.15) is 5.75 Å². The number of hydrogen-bond donors (Lipinski definition) is 3. The lowest BCUT2D eigenvalue weighted by Gasteiger charge is -2.11. The maximum absolute atomic E-state index is 11.6. The van der Waals surface area contributed by atoms with Crippen LogP contribution in [-0.2, 0) is 0 Å². The minimum absolute atomic E-state index is 0.363. The molecular formula is C13H19ClN2O3. The van der Waals surface area contributed by atoms with Crippen LogP contribution < -0.4 is 15.4 Å². The van der Waals surface area contributed by atoms with E-state index in [1.807, 2.05) is 6.92 Å². The molecule has 19 heavy (non-hydrogen) atoms. The molecule has 6 heteroatoms. The monoisotopic (exact) mass is 286 g/mol. The fourth-order valence-electron chi connectivity index (χ4n) is 1.45. The van der Waals surface area contributed by atoms with E-state index in [0.717, 1.165) is 0 Å². The van der Waals surface area contributed by atoms with Crippen molar-refractivity contribution >= 4 is 23.3 Å². The Morgan fingerprint density at radius 3 is 2.89 bits per heavy atom. The van der Waals surface area contributed by atoms with Crippen molar-refractivity contribution in [1.82, 2.24) is 5.32 Å². The SMILES string of the molecule is CCC(O)CCNC(=O)Nc1cc(OC)ccc1Cl. The molecule has 0 fully saturated rings. The third-order valence-corrected chi connectivity index (χ3v) is 2.99. The molecule has 5 nitrogen and oxygen atoms in total. The fourth-order valence-corrected chi connectivity index (χ4v) is 1.61. The average Bonchev–Trinajstić information content (AvgIpc) is 2.41. The quantitative estimate of drug-likeness (QED) is 0.753. The summed E-state index contributed by atoms with van der Waals surface area (Å²) in [5, 5.41) is 15.1. The van der Waals surface area contributed by atoms with E-state index in [-0.39, 0.29) is 12.1 Å². The van der Waals surface area contributed by atoms with Crippen molar-refractivity contribution in [2.75, 3.05) is 19.0 Å². The number of carbonyl (C=O) groups is 1. The minimum atomic E-state index is -0.388. The summed E-state index contributed by atoms with van der Waals surface area (Å²) in [5.74, 6) is 0.612. The first-order chi connectivity index (χ1) is 9.06. The summed E-state index contributed by atoms with van der Waals surface area (Å²) in [6, 6.07) is 4.64. The summed E-state index contributed by atoms with van der Waals surface area (Å²) in [6.45, 7) is 2.29. The van der Waals surface area contributed by atoms with Crippen molar-refractivity contribution in [2.24, 2.45) is 0 Å². The molecule has 0 heterocycles.